The summed E-state index contributed by atoms with van der Waals surface area (Å²) in [6.45, 7) is 0. The molecule has 0 saturated carbocycles. The quantitative estimate of drug-likeness (QED) is 0.164. The number of hydrogen-bond acceptors (Lipinski definition) is 10. The van der Waals surface area contributed by atoms with Gasteiger partial charge in [-0.3, -0.25) is 0 Å². The number of nitrogens with zero attached hydrogens (tertiary/aromatic N) is 5. The number of nitriles is 4. The Labute approximate surface area is 276 Å². The van der Waals surface area contributed by atoms with Gasteiger partial charge >= 0.3 is 0 Å². The molecule has 0 spiro atoms. The van der Waals surface area contributed by atoms with Crippen LogP contribution in [-0.2, 0) is 7.05 Å². The van der Waals surface area contributed by atoms with E-state index in [1.165, 1.54) is 52.9 Å². The van der Waals surface area contributed by atoms with E-state index in [0.29, 0.717) is 20.9 Å². The van der Waals surface area contributed by atoms with Gasteiger partial charge in [0.05, 0.1) is 31.6 Å². The summed E-state index contributed by atoms with van der Waals surface area (Å²) < 4.78 is 4.77. The predicted octanol–water partition coefficient (Wildman–Crippen LogP) is 10.9. The molecule has 0 aliphatic heterocycles. The van der Waals surface area contributed by atoms with E-state index in [4.69, 9.17) is 10.5 Å². The van der Waals surface area contributed by atoms with Gasteiger partial charge < -0.3 is 4.57 Å². The zero-order valence-corrected chi connectivity index (χ0v) is 27.5. The summed E-state index contributed by atoms with van der Waals surface area (Å²) in [4.78, 5) is 9.46. The Morgan fingerprint density at radius 3 is 1.41 bits per heavy atom. The van der Waals surface area contributed by atoms with E-state index in [1.807, 2.05) is 36.4 Å². The molecule has 0 atom stereocenters. The molecule has 11 heteroatoms. The molecule has 7 rings (SSSR count). The van der Waals surface area contributed by atoms with Crippen molar-refractivity contribution in [1.82, 2.24) is 4.57 Å². The Bertz CT molecular complexity index is 2300. The number of thiophene rings is 6. The van der Waals surface area contributed by atoms with Crippen molar-refractivity contribution in [2.45, 2.75) is 0 Å². The lowest BCUT2D eigenvalue weighted by molar-refractivity contribution is 1.02. The second-order valence-electron chi connectivity index (χ2n) is 9.50. The van der Waals surface area contributed by atoms with Crippen LogP contribution in [0, 0.1) is 45.3 Å². The Balaban J connectivity index is 1.18. The highest BCUT2D eigenvalue weighted by molar-refractivity contribution is 7.32. The van der Waals surface area contributed by atoms with Crippen LogP contribution in [0.25, 0.3) is 63.2 Å². The third-order valence-corrected chi connectivity index (χ3v) is 13.8. The van der Waals surface area contributed by atoms with Crippen LogP contribution in [0.3, 0.4) is 0 Å². The molecule has 208 valence electrons. The van der Waals surface area contributed by atoms with Crippen LogP contribution in [0.4, 0.5) is 0 Å². The molecular weight excluding hydrogens is 659 g/mol. The molecule has 44 heavy (non-hydrogen) atoms. The molecular formula is C33H15N5S6. The Kier molecular flexibility index (Phi) is 7.38. The second-order valence-corrected chi connectivity index (χ2v) is 16.0. The molecule has 7 aromatic rings. The minimum Gasteiger partial charge on any atom is -0.342 e. The first-order valence-electron chi connectivity index (χ1n) is 12.9. The summed E-state index contributed by atoms with van der Waals surface area (Å²) in [5.74, 6) is 0. The van der Waals surface area contributed by atoms with Crippen molar-refractivity contribution in [1.29, 1.82) is 21.0 Å². The summed E-state index contributed by atoms with van der Waals surface area (Å²) >= 11 is 9.54. The van der Waals surface area contributed by atoms with Crippen molar-refractivity contribution in [2.24, 2.45) is 7.05 Å². The number of allylic oxidation sites excluding steroid dienone is 2. The maximum Gasteiger partial charge on any atom is 0.110 e. The Hall–Kier alpha value is -4.56. The summed E-state index contributed by atoms with van der Waals surface area (Å²) in [5, 5.41) is 37.7. The molecule has 7 aromatic heterocycles. The minimum absolute atomic E-state index is 0.560. The summed E-state index contributed by atoms with van der Waals surface area (Å²) in [7, 11) is 2.11. The van der Waals surface area contributed by atoms with Crippen LogP contribution in [0.2, 0.25) is 0 Å². The van der Waals surface area contributed by atoms with Gasteiger partial charge in [-0.15, -0.1) is 68.0 Å². The lowest BCUT2D eigenvalue weighted by Crippen LogP contribution is -1.83. The topological polar surface area (TPSA) is 100 Å². The average Bonchev–Trinajstić information content (AvgIpc) is 3.88. The van der Waals surface area contributed by atoms with Crippen molar-refractivity contribution in [2.75, 3.05) is 0 Å². The Morgan fingerprint density at radius 2 is 1.02 bits per heavy atom. The zero-order chi connectivity index (χ0) is 30.4. The maximum absolute atomic E-state index is 9.72. The van der Waals surface area contributed by atoms with Gasteiger partial charge in [0, 0.05) is 46.1 Å². The Morgan fingerprint density at radius 1 is 0.568 bits per heavy atom. The van der Waals surface area contributed by atoms with Crippen molar-refractivity contribution >= 4 is 112 Å². The van der Waals surface area contributed by atoms with Gasteiger partial charge in [0.1, 0.15) is 34.0 Å². The van der Waals surface area contributed by atoms with E-state index < -0.39 is 0 Å². The van der Waals surface area contributed by atoms with E-state index >= 15 is 0 Å². The number of fused-ring (bicyclic) bond motifs is 3. The minimum atomic E-state index is 0.560. The fourth-order valence-corrected chi connectivity index (χ4v) is 10.9. The molecule has 0 unspecified atom stereocenters. The molecule has 0 aromatic carbocycles. The second kappa shape index (κ2) is 11.5. The molecule has 0 amide bonds. The number of aromatic nitrogens is 1. The van der Waals surface area contributed by atoms with Gasteiger partial charge in [0.25, 0.3) is 0 Å². The van der Waals surface area contributed by atoms with Crippen molar-refractivity contribution in [3.8, 4) is 43.8 Å². The average molecular weight is 674 g/mol. The number of aryl methyl sites for hydroxylation is 1. The van der Waals surface area contributed by atoms with Crippen LogP contribution < -0.4 is 0 Å². The molecule has 0 bridgehead atoms. The summed E-state index contributed by atoms with van der Waals surface area (Å²) in [6.07, 6.45) is 3.79. The van der Waals surface area contributed by atoms with E-state index in [1.54, 1.807) is 57.5 Å². The van der Waals surface area contributed by atoms with E-state index in [2.05, 4.69) is 60.2 Å². The van der Waals surface area contributed by atoms with Crippen molar-refractivity contribution in [3.05, 3.63) is 89.9 Å². The summed E-state index contributed by atoms with van der Waals surface area (Å²) in [5.41, 5.74) is 3.52. The third-order valence-electron chi connectivity index (χ3n) is 6.87. The van der Waals surface area contributed by atoms with Crippen LogP contribution >= 0.6 is 68.0 Å². The predicted molar refractivity (Wildman–Crippen MR) is 188 cm³/mol. The molecule has 0 radical (unpaired) electrons. The fourth-order valence-electron chi connectivity index (χ4n) is 4.77. The normalized spacial score (nSPS) is 11.9. The maximum atomic E-state index is 9.72. The van der Waals surface area contributed by atoms with Gasteiger partial charge in [-0.1, -0.05) is 0 Å². The monoisotopic (exact) mass is 673 g/mol. The molecule has 0 fully saturated rings. The highest BCUT2D eigenvalue weighted by Crippen LogP contribution is 2.47. The van der Waals surface area contributed by atoms with E-state index in [9.17, 15) is 10.5 Å². The van der Waals surface area contributed by atoms with Gasteiger partial charge in [-0.05, 0) is 72.8 Å². The lowest BCUT2D eigenvalue weighted by Gasteiger charge is -1.95. The van der Waals surface area contributed by atoms with Crippen molar-refractivity contribution < 1.29 is 0 Å². The van der Waals surface area contributed by atoms with E-state index in [0.717, 1.165) is 29.3 Å². The van der Waals surface area contributed by atoms with Gasteiger partial charge in [-0.25, -0.2) is 0 Å². The van der Waals surface area contributed by atoms with Gasteiger partial charge in [-0.2, -0.15) is 21.0 Å². The SMILES string of the molecule is Cn1c2cc(-c3ccc(C=C(C#N)c4ccc(C#N)s4)s3)sc2c2sc(-c3ccc(C=C(C#N)c4ccc(C#N)s4)s3)cc21. The first-order chi connectivity index (χ1) is 21.5. The summed E-state index contributed by atoms with van der Waals surface area (Å²) in [6, 6.07) is 28.8. The molecule has 5 nitrogen and oxygen atoms in total. The first kappa shape index (κ1) is 28.2. The number of hydrogen-bond donors (Lipinski definition) is 0. The van der Waals surface area contributed by atoms with E-state index in [-0.39, 0.29) is 0 Å². The van der Waals surface area contributed by atoms with Crippen LogP contribution in [0.5, 0.6) is 0 Å². The van der Waals surface area contributed by atoms with Crippen LogP contribution in [-0.4, -0.2) is 4.57 Å². The molecule has 0 aliphatic rings. The number of rotatable bonds is 6. The zero-order valence-electron chi connectivity index (χ0n) is 22.6. The molecule has 0 N–H and O–H groups in total. The highest BCUT2D eigenvalue weighted by atomic mass is 32.1. The fraction of sp³-hybridized carbons (Fsp3) is 0.0303. The smallest absolute Gasteiger partial charge is 0.110 e. The van der Waals surface area contributed by atoms with Crippen LogP contribution in [0.15, 0.2) is 60.7 Å². The highest BCUT2D eigenvalue weighted by Gasteiger charge is 2.18. The van der Waals surface area contributed by atoms with Gasteiger partial charge in [0.15, 0.2) is 0 Å². The standard InChI is InChI=1S/C33H15N5S6/c1-38-24-12-30(28-8-2-20(39-28)10-18(14-34)26-6-4-22(16-36)41-26)43-32(24)33-25(38)13-31(44-33)29-9-3-21(40-29)11-19(15-35)27-7-5-23(17-37)42-27/h2-13H,1H3. The van der Waals surface area contributed by atoms with Gasteiger partial charge in [0.2, 0.25) is 0 Å². The largest absolute Gasteiger partial charge is 0.342 e. The molecule has 0 saturated heterocycles. The molecule has 0 aliphatic carbocycles. The third kappa shape index (κ3) is 5.03. The van der Waals surface area contributed by atoms with Crippen molar-refractivity contribution in [3.63, 3.8) is 0 Å². The first-order valence-corrected chi connectivity index (χ1v) is 17.8. The van der Waals surface area contributed by atoms with Crippen LogP contribution in [0.1, 0.15) is 29.3 Å². The molecule has 7 heterocycles. The lowest BCUT2D eigenvalue weighted by atomic mass is 10.2.